The average molecular weight is 350 g/mol. The molecule has 1 aromatic carbocycles. The van der Waals surface area contributed by atoms with E-state index in [0.717, 1.165) is 20.8 Å². The third kappa shape index (κ3) is 3.38. The SMILES string of the molecule is O=S(=O)(NCc1ccc(Br)s1)c1ccc(F)cc1. The Hall–Kier alpha value is -0.760. The molecule has 0 fully saturated rings. The van der Waals surface area contributed by atoms with Crippen molar-refractivity contribution in [2.75, 3.05) is 0 Å². The zero-order valence-electron chi connectivity index (χ0n) is 9.06. The molecule has 1 aromatic heterocycles. The standard InChI is InChI=1S/C11H9BrFNO2S2/c12-11-6-3-9(17-11)7-14-18(15,16)10-4-1-8(13)2-5-10/h1-6,14H,7H2. The second kappa shape index (κ2) is 5.48. The summed E-state index contributed by atoms with van der Waals surface area (Å²) in [4.78, 5) is 0.951. The molecule has 0 saturated heterocycles. The predicted molar refractivity (Wildman–Crippen MR) is 72.4 cm³/mol. The minimum absolute atomic E-state index is 0.0551. The zero-order chi connectivity index (χ0) is 13.2. The average Bonchev–Trinajstić information content (AvgIpc) is 2.73. The predicted octanol–water partition coefficient (Wildman–Crippen LogP) is 3.13. The van der Waals surface area contributed by atoms with Gasteiger partial charge in [0.05, 0.1) is 8.68 Å². The van der Waals surface area contributed by atoms with E-state index in [2.05, 4.69) is 20.7 Å². The topological polar surface area (TPSA) is 46.2 Å². The summed E-state index contributed by atoms with van der Waals surface area (Å²) in [7, 11) is -3.59. The number of benzene rings is 1. The summed E-state index contributed by atoms with van der Waals surface area (Å²) in [6, 6.07) is 8.41. The number of hydrogen-bond acceptors (Lipinski definition) is 3. The van der Waals surface area contributed by atoms with Gasteiger partial charge in [0.15, 0.2) is 0 Å². The van der Waals surface area contributed by atoms with Crippen molar-refractivity contribution in [3.05, 3.63) is 50.9 Å². The summed E-state index contributed by atoms with van der Waals surface area (Å²) < 4.78 is 39.9. The summed E-state index contributed by atoms with van der Waals surface area (Å²) >= 11 is 4.76. The van der Waals surface area contributed by atoms with Gasteiger partial charge in [-0.2, -0.15) is 0 Å². The molecule has 3 nitrogen and oxygen atoms in total. The Morgan fingerprint density at radius 3 is 2.39 bits per heavy atom. The van der Waals surface area contributed by atoms with Crippen molar-refractivity contribution in [3.63, 3.8) is 0 Å². The summed E-state index contributed by atoms with van der Waals surface area (Å²) in [5.74, 6) is -0.462. The van der Waals surface area contributed by atoms with Crippen molar-refractivity contribution in [1.29, 1.82) is 0 Å². The molecule has 7 heteroatoms. The third-order valence-electron chi connectivity index (χ3n) is 2.19. The maximum Gasteiger partial charge on any atom is 0.240 e. The van der Waals surface area contributed by atoms with E-state index in [-0.39, 0.29) is 11.4 Å². The summed E-state index contributed by atoms with van der Waals surface area (Å²) in [5.41, 5.74) is 0. The van der Waals surface area contributed by atoms with E-state index >= 15 is 0 Å². The molecule has 0 amide bonds. The number of sulfonamides is 1. The van der Waals surface area contributed by atoms with Crippen LogP contribution in [0.15, 0.2) is 45.1 Å². The lowest BCUT2D eigenvalue weighted by Gasteiger charge is -2.05. The first-order valence-electron chi connectivity index (χ1n) is 4.97. The zero-order valence-corrected chi connectivity index (χ0v) is 12.3. The van der Waals surface area contributed by atoms with E-state index in [4.69, 9.17) is 0 Å². The molecular weight excluding hydrogens is 341 g/mol. The molecule has 2 rings (SSSR count). The maximum absolute atomic E-state index is 12.7. The van der Waals surface area contributed by atoms with E-state index in [0.29, 0.717) is 0 Å². The Morgan fingerprint density at radius 2 is 1.83 bits per heavy atom. The molecule has 2 aromatic rings. The fourth-order valence-electron chi connectivity index (χ4n) is 1.31. The van der Waals surface area contributed by atoms with E-state index in [9.17, 15) is 12.8 Å². The number of hydrogen-bond donors (Lipinski definition) is 1. The highest BCUT2D eigenvalue weighted by Crippen LogP contribution is 2.22. The summed E-state index contributed by atoms with van der Waals surface area (Å²) in [6.07, 6.45) is 0. The fraction of sp³-hybridized carbons (Fsp3) is 0.0909. The van der Waals surface area contributed by atoms with Crippen molar-refractivity contribution in [2.24, 2.45) is 0 Å². The van der Waals surface area contributed by atoms with Crippen LogP contribution < -0.4 is 4.72 Å². The molecule has 0 bridgehead atoms. The molecule has 0 aliphatic heterocycles. The van der Waals surface area contributed by atoms with Crippen LogP contribution in [0.1, 0.15) is 4.88 Å². The minimum atomic E-state index is -3.59. The van der Waals surface area contributed by atoms with Gasteiger partial charge in [-0.15, -0.1) is 11.3 Å². The van der Waals surface area contributed by atoms with Crippen LogP contribution in [0.4, 0.5) is 4.39 Å². The molecule has 1 heterocycles. The molecular formula is C11H9BrFNO2S2. The molecule has 0 unspecified atom stereocenters. The van der Waals surface area contributed by atoms with Gasteiger partial charge in [-0.3, -0.25) is 0 Å². The molecule has 0 aliphatic carbocycles. The van der Waals surface area contributed by atoms with Gasteiger partial charge in [-0.05, 0) is 52.3 Å². The molecule has 18 heavy (non-hydrogen) atoms. The third-order valence-corrected chi connectivity index (χ3v) is 5.23. The highest BCUT2D eigenvalue weighted by molar-refractivity contribution is 9.11. The Balaban J connectivity index is 2.10. The largest absolute Gasteiger partial charge is 0.240 e. The number of halogens is 2. The smallest absolute Gasteiger partial charge is 0.207 e. The summed E-state index contributed by atoms with van der Waals surface area (Å²) in [6.45, 7) is 0.218. The van der Waals surface area contributed by atoms with E-state index < -0.39 is 15.8 Å². The lowest BCUT2D eigenvalue weighted by molar-refractivity contribution is 0.581. The van der Waals surface area contributed by atoms with Crippen LogP contribution in [-0.4, -0.2) is 8.42 Å². The lowest BCUT2D eigenvalue weighted by Crippen LogP contribution is -2.22. The Kier molecular flexibility index (Phi) is 4.16. The van der Waals surface area contributed by atoms with Gasteiger partial charge in [0.25, 0.3) is 0 Å². The second-order valence-electron chi connectivity index (χ2n) is 3.48. The first kappa shape index (κ1) is 13.7. The summed E-state index contributed by atoms with van der Waals surface area (Å²) in [5, 5.41) is 0. The number of nitrogens with one attached hydrogen (secondary N) is 1. The van der Waals surface area contributed by atoms with Crippen LogP contribution in [0.25, 0.3) is 0 Å². The first-order chi connectivity index (χ1) is 8.47. The molecule has 0 spiro atoms. The normalized spacial score (nSPS) is 11.7. The van der Waals surface area contributed by atoms with Gasteiger partial charge in [0.2, 0.25) is 10.0 Å². The van der Waals surface area contributed by atoms with Crippen LogP contribution >= 0.6 is 27.3 Å². The monoisotopic (exact) mass is 349 g/mol. The lowest BCUT2D eigenvalue weighted by atomic mass is 10.4. The van der Waals surface area contributed by atoms with Crippen molar-refractivity contribution >= 4 is 37.3 Å². The highest BCUT2D eigenvalue weighted by Gasteiger charge is 2.13. The first-order valence-corrected chi connectivity index (χ1v) is 8.06. The minimum Gasteiger partial charge on any atom is -0.207 e. The van der Waals surface area contributed by atoms with Crippen LogP contribution in [0.3, 0.4) is 0 Å². The molecule has 0 aliphatic rings. The molecule has 0 atom stereocenters. The van der Waals surface area contributed by atoms with Crippen molar-refractivity contribution in [2.45, 2.75) is 11.4 Å². The van der Waals surface area contributed by atoms with Gasteiger partial charge in [0.1, 0.15) is 5.82 Å². The maximum atomic E-state index is 12.7. The van der Waals surface area contributed by atoms with Gasteiger partial charge in [-0.1, -0.05) is 0 Å². The highest BCUT2D eigenvalue weighted by atomic mass is 79.9. The Labute approximate surface area is 117 Å². The van der Waals surface area contributed by atoms with Crippen molar-refractivity contribution < 1.29 is 12.8 Å². The van der Waals surface area contributed by atoms with Crippen LogP contribution in [0.2, 0.25) is 0 Å². The number of rotatable bonds is 4. The second-order valence-corrected chi connectivity index (χ2v) is 7.80. The van der Waals surface area contributed by atoms with Crippen LogP contribution in [0.5, 0.6) is 0 Å². The van der Waals surface area contributed by atoms with Crippen molar-refractivity contribution in [1.82, 2.24) is 4.72 Å². The molecule has 0 radical (unpaired) electrons. The van der Waals surface area contributed by atoms with Gasteiger partial charge in [-0.25, -0.2) is 17.5 Å². The Morgan fingerprint density at radius 1 is 1.17 bits per heavy atom. The van der Waals surface area contributed by atoms with Gasteiger partial charge in [0, 0.05) is 11.4 Å². The van der Waals surface area contributed by atoms with E-state index in [1.165, 1.54) is 23.5 Å². The quantitative estimate of drug-likeness (QED) is 0.921. The van der Waals surface area contributed by atoms with E-state index in [1.54, 1.807) is 0 Å². The Bertz CT molecular complexity index is 637. The van der Waals surface area contributed by atoms with Gasteiger partial charge >= 0.3 is 0 Å². The van der Waals surface area contributed by atoms with Crippen LogP contribution in [0, 0.1) is 5.82 Å². The van der Waals surface area contributed by atoms with Crippen molar-refractivity contribution in [3.8, 4) is 0 Å². The van der Waals surface area contributed by atoms with Gasteiger partial charge < -0.3 is 0 Å². The van der Waals surface area contributed by atoms with Crippen LogP contribution in [-0.2, 0) is 16.6 Å². The number of thiophene rings is 1. The fourth-order valence-corrected chi connectivity index (χ4v) is 3.83. The molecule has 1 N–H and O–H groups in total. The molecule has 0 saturated carbocycles. The molecule has 96 valence electrons. The van der Waals surface area contributed by atoms with E-state index in [1.807, 2.05) is 12.1 Å².